The highest BCUT2D eigenvalue weighted by Gasteiger charge is 2.17. The van der Waals surface area contributed by atoms with E-state index in [1.54, 1.807) is 0 Å². The highest BCUT2D eigenvalue weighted by atomic mass is 15.0. The maximum Gasteiger partial charge on any atom is 0.197 e. The number of rotatable bonds is 4. The van der Waals surface area contributed by atoms with Gasteiger partial charge in [-0.3, -0.25) is 0 Å². The molecular weight excluding hydrogens is 585 g/mol. The van der Waals surface area contributed by atoms with Crippen LogP contribution in [0, 0.1) is 17.9 Å². The summed E-state index contributed by atoms with van der Waals surface area (Å²) in [5, 5.41) is 14.5. The fourth-order valence-corrected chi connectivity index (χ4v) is 7.28. The second kappa shape index (κ2) is 10.9. The minimum Gasteiger partial charge on any atom is -0.311 e. The van der Waals surface area contributed by atoms with Crippen molar-refractivity contribution in [2.24, 2.45) is 0 Å². The molecule has 0 aliphatic heterocycles. The van der Waals surface area contributed by atoms with Crippen molar-refractivity contribution in [3.8, 4) is 39.7 Å². The number of fused-ring (bicyclic) bond motifs is 6. The van der Waals surface area contributed by atoms with Crippen LogP contribution in [0.5, 0.6) is 0 Å². The van der Waals surface area contributed by atoms with Crippen LogP contribution in [0.3, 0.4) is 0 Å². The molecule has 9 aromatic rings. The summed E-state index contributed by atoms with van der Waals surface area (Å²) in [6.07, 6.45) is 0. The van der Waals surface area contributed by atoms with Crippen LogP contribution in [0.15, 0.2) is 158 Å². The summed E-state index contributed by atoms with van der Waals surface area (Å²) in [4.78, 5) is 3.82. The maximum absolute atomic E-state index is 10.1. The van der Waals surface area contributed by atoms with Crippen molar-refractivity contribution in [1.29, 1.82) is 5.26 Å². The van der Waals surface area contributed by atoms with Crippen LogP contribution in [0.1, 0.15) is 5.56 Å². The topological polar surface area (TPSA) is 38.0 Å². The Hall–Kier alpha value is -6.88. The summed E-state index contributed by atoms with van der Waals surface area (Å²) in [7, 11) is 0. The Morgan fingerprint density at radius 1 is 0.500 bits per heavy atom. The van der Waals surface area contributed by atoms with Gasteiger partial charge in [0.15, 0.2) is 5.69 Å². The molecule has 0 fully saturated rings. The molecule has 0 spiro atoms. The summed E-state index contributed by atoms with van der Waals surface area (Å²) in [6.45, 7) is 7.80. The molecule has 0 aliphatic rings. The zero-order chi connectivity index (χ0) is 32.2. The molecule has 0 N–H and O–H groups in total. The van der Waals surface area contributed by atoms with E-state index in [0.29, 0.717) is 11.3 Å². The molecule has 0 radical (unpaired) electrons. The molecule has 0 amide bonds. The molecule has 2 aromatic heterocycles. The summed E-state index contributed by atoms with van der Waals surface area (Å²) in [5.41, 5.74) is 11.8. The first-order valence-corrected chi connectivity index (χ1v) is 15.9. The smallest absolute Gasteiger partial charge is 0.197 e. The van der Waals surface area contributed by atoms with Crippen molar-refractivity contribution in [1.82, 2.24) is 9.13 Å². The number of nitriles is 1. The van der Waals surface area contributed by atoms with Crippen LogP contribution in [-0.2, 0) is 0 Å². The Morgan fingerprint density at radius 3 is 1.77 bits per heavy atom. The molecule has 222 valence electrons. The SMILES string of the molecule is [C-]#[N+]c1cccc2c1c1ccccc1n2-c1cc(C#N)cc(-c2ccc(-c3ccccc3-n3c4ccccc4c4ccccc43)cc2)c1. The Kier molecular flexibility index (Phi) is 6.22. The predicted octanol–water partition coefficient (Wildman–Crippen LogP) is 11.6. The monoisotopic (exact) mass is 610 g/mol. The second-order valence-electron chi connectivity index (χ2n) is 12.0. The van der Waals surface area contributed by atoms with Gasteiger partial charge in [0.25, 0.3) is 0 Å². The fraction of sp³-hybridized carbons (Fsp3) is 0. The lowest BCUT2D eigenvalue weighted by atomic mass is 9.97. The van der Waals surface area contributed by atoms with E-state index in [9.17, 15) is 5.26 Å². The minimum atomic E-state index is 0.579. The predicted molar refractivity (Wildman–Crippen MR) is 197 cm³/mol. The highest BCUT2D eigenvalue weighted by Crippen LogP contribution is 2.40. The normalized spacial score (nSPS) is 11.3. The summed E-state index contributed by atoms with van der Waals surface area (Å²) in [6, 6.07) is 56.7. The lowest BCUT2D eigenvalue weighted by molar-refractivity contribution is 1.18. The van der Waals surface area contributed by atoms with E-state index in [2.05, 4.69) is 135 Å². The van der Waals surface area contributed by atoms with Gasteiger partial charge >= 0.3 is 0 Å². The van der Waals surface area contributed by atoms with Gasteiger partial charge in [-0.25, -0.2) is 4.85 Å². The third kappa shape index (κ3) is 4.14. The van der Waals surface area contributed by atoms with Crippen molar-refractivity contribution >= 4 is 49.3 Å². The summed E-state index contributed by atoms with van der Waals surface area (Å²) < 4.78 is 4.53. The van der Waals surface area contributed by atoms with Crippen LogP contribution < -0.4 is 0 Å². The molecule has 0 aliphatic carbocycles. The lowest BCUT2D eigenvalue weighted by Crippen LogP contribution is -1.97. The average molecular weight is 611 g/mol. The molecule has 4 nitrogen and oxygen atoms in total. The summed E-state index contributed by atoms with van der Waals surface area (Å²) >= 11 is 0. The zero-order valence-electron chi connectivity index (χ0n) is 25.8. The first-order chi connectivity index (χ1) is 23.7. The molecule has 48 heavy (non-hydrogen) atoms. The highest BCUT2D eigenvalue weighted by molar-refractivity contribution is 6.15. The fourth-order valence-electron chi connectivity index (χ4n) is 7.28. The van der Waals surface area contributed by atoms with Crippen LogP contribution >= 0.6 is 0 Å². The molecule has 0 saturated heterocycles. The number of hydrogen-bond acceptors (Lipinski definition) is 1. The van der Waals surface area contributed by atoms with Gasteiger partial charge in [-0.15, -0.1) is 0 Å². The van der Waals surface area contributed by atoms with Crippen molar-refractivity contribution in [2.45, 2.75) is 0 Å². The van der Waals surface area contributed by atoms with E-state index in [0.717, 1.165) is 55.4 Å². The van der Waals surface area contributed by atoms with Gasteiger partial charge in [-0.05, 0) is 70.6 Å². The standard InChI is InChI=1S/C44H26N4/c1-46-38-15-10-20-43-44(38)37-14-5-9-19-42(37)47(43)33-26-29(28-45)25-32(27-33)30-21-23-31(24-22-30)34-11-2-6-16-39(34)48-40-17-7-3-12-35(40)36-13-4-8-18-41(36)48/h2-27H. The van der Waals surface area contributed by atoms with E-state index in [4.69, 9.17) is 6.57 Å². The van der Waals surface area contributed by atoms with Crippen molar-refractivity contribution in [3.05, 3.63) is 175 Å². The van der Waals surface area contributed by atoms with E-state index in [1.165, 1.54) is 21.8 Å². The molecule has 0 unspecified atom stereocenters. The molecule has 0 atom stereocenters. The van der Waals surface area contributed by atoms with Gasteiger partial charge in [0.1, 0.15) is 0 Å². The van der Waals surface area contributed by atoms with E-state index in [1.807, 2.05) is 42.5 Å². The second-order valence-corrected chi connectivity index (χ2v) is 12.0. The molecule has 9 rings (SSSR count). The average Bonchev–Trinajstić information content (AvgIpc) is 3.68. The van der Waals surface area contributed by atoms with Crippen LogP contribution in [0.4, 0.5) is 5.69 Å². The summed E-state index contributed by atoms with van der Waals surface area (Å²) in [5.74, 6) is 0. The van der Waals surface area contributed by atoms with Gasteiger partial charge < -0.3 is 9.13 Å². The molecular formula is C44H26N4. The van der Waals surface area contributed by atoms with Crippen LogP contribution in [0.25, 0.3) is 82.1 Å². The number of hydrogen-bond donors (Lipinski definition) is 0. The van der Waals surface area contributed by atoms with Crippen molar-refractivity contribution in [3.63, 3.8) is 0 Å². The van der Waals surface area contributed by atoms with E-state index in [-0.39, 0.29) is 0 Å². The zero-order valence-corrected chi connectivity index (χ0v) is 25.8. The van der Waals surface area contributed by atoms with Crippen molar-refractivity contribution < 1.29 is 0 Å². The lowest BCUT2D eigenvalue weighted by Gasteiger charge is -2.15. The number of para-hydroxylation sites is 4. The van der Waals surface area contributed by atoms with Gasteiger partial charge in [0.05, 0.1) is 40.4 Å². The third-order valence-electron chi connectivity index (χ3n) is 9.36. The number of nitrogens with zero attached hydrogens (tertiary/aromatic N) is 4. The van der Waals surface area contributed by atoms with Gasteiger partial charge in [0.2, 0.25) is 0 Å². The van der Waals surface area contributed by atoms with E-state index < -0.39 is 0 Å². The van der Waals surface area contributed by atoms with Gasteiger partial charge in [-0.1, -0.05) is 109 Å². The van der Waals surface area contributed by atoms with E-state index >= 15 is 0 Å². The largest absolute Gasteiger partial charge is 0.311 e. The number of benzene rings is 7. The minimum absolute atomic E-state index is 0.579. The van der Waals surface area contributed by atoms with Gasteiger partial charge in [0, 0.05) is 32.9 Å². The molecule has 7 aromatic carbocycles. The molecule has 2 heterocycles. The van der Waals surface area contributed by atoms with Crippen molar-refractivity contribution in [2.75, 3.05) is 0 Å². The van der Waals surface area contributed by atoms with Crippen LogP contribution in [0.2, 0.25) is 0 Å². The Balaban J connectivity index is 1.18. The van der Waals surface area contributed by atoms with Crippen LogP contribution in [-0.4, -0.2) is 9.13 Å². The molecule has 0 bridgehead atoms. The maximum atomic E-state index is 10.1. The first kappa shape index (κ1) is 27.4. The number of aromatic nitrogens is 2. The first-order valence-electron chi connectivity index (χ1n) is 15.9. The Labute approximate surface area is 277 Å². The molecule has 4 heteroatoms. The Bertz CT molecular complexity index is 2750. The third-order valence-corrected chi connectivity index (χ3v) is 9.36. The Morgan fingerprint density at radius 2 is 1.08 bits per heavy atom. The van der Waals surface area contributed by atoms with Gasteiger partial charge in [-0.2, -0.15) is 5.26 Å². The molecule has 0 saturated carbocycles. The quantitative estimate of drug-likeness (QED) is 0.183.